The third-order valence-electron chi connectivity index (χ3n) is 6.76. The molecular formula is C28H38N8O. The van der Waals surface area contributed by atoms with Crippen molar-refractivity contribution in [3.05, 3.63) is 65.2 Å². The molecule has 1 fully saturated rings. The number of nitrogens with one attached hydrogen (secondary N) is 2. The molecule has 0 spiro atoms. The molecule has 0 saturated carbocycles. The summed E-state index contributed by atoms with van der Waals surface area (Å²) >= 11 is 0. The summed E-state index contributed by atoms with van der Waals surface area (Å²) in [5.74, 6) is 1.51. The van der Waals surface area contributed by atoms with Gasteiger partial charge in [0.05, 0.1) is 0 Å². The number of carbonyl (C=O) groups is 1. The number of rotatable bonds is 10. The van der Waals surface area contributed by atoms with Crippen LogP contribution in [0.1, 0.15) is 54.7 Å². The second-order valence-electron chi connectivity index (χ2n) is 10.3. The zero-order valence-corrected chi connectivity index (χ0v) is 22.4. The van der Waals surface area contributed by atoms with E-state index in [4.69, 9.17) is 15.7 Å². The number of primary amides is 1. The number of carbonyl (C=O) groups excluding carboxylic acids is 1. The van der Waals surface area contributed by atoms with Crippen LogP contribution in [0.25, 0.3) is 0 Å². The minimum atomic E-state index is -0.478. The van der Waals surface area contributed by atoms with Gasteiger partial charge in [-0.25, -0.2) is 0 Å². The zero-order valence-electron chi connectivity index (χ0n) is 22.4. The van der Waals surface area contributed by atoms with E-state index in [1.54, 1.807) is 12.1 Å². The maximum absolute atomic E-state index is 11.7. The standard InChI is InChI=1S/C28H38N8O/c1-18(2)16-35(5)28-33-26(30-23-13-14-36(17-23)20(4)21-9-7-6-8-10-21)32-27(34-28)31-24-15-22(25(29)37)12-11-19(24)3/h6-12,15,18,20,23H,13-14,16-17H2,1-5H3,(H2,29,37)(H2,30,31,32,33,34)/t20?,23-/m0/s1. The zero-order chi connectivity index (χ0) is 26.5. The summed E-state index contributed by atoms with van der Waals surface area (Å²) in [4.78, 5) is 30.3. The quantitative estimate of drug-likeness (QED) is 0.375. The SMILES string of the molecule is Cc1ccc(C(N)=O)cc1Nc1nc(N[C@H]2CCN(C(C)c3ccccc3)C2)nc(N(C)CC(C)C)n1. The van der Waals surface area contributed by atoms with Crippen LogP contribution in [0.15, 0.2) is 48.5 Å². The van der Waals surface area contributed by atoms with E-state index in [2.05, 4.69) is 71.6 Å². The first-order chi connectivity index (χ1) is 17.7. The number of aryl methyl sites for hydroxylation is 1. The number of hydrogen-bond acceptors (Lipinski definition) is 8. The van der Waals surface area contributed by atoms with Gasteiger partial charge >= 0.3 is 0 Å². The lowest BCUT2D eigenvalue weighted by molar-refractivity contribution is 0.100. The van der Waals surface area contributed by atoms with Crippen molar-refractivity contribution in [1.29, 1.82) is 0 Å². The predicted molar refractivity (Wildman–Crippen MR) is 149 cm³/mol. The molecule has 0 bridgehead atoms. The molecule has 3 aromatic rings. The highest BCUT2D eigenvalue weighted by atomic mass is 16.1. The van der Waals surface area contributed by atoms with E-state index in [-0.39, 0.29) is 6.04 Å². The summed E-state index contributed by atoms with van der Waals surface area (Å²) in [6, 6.07) is 16.5. The summed E-state index contributed by atoms with van der Waals surface area (Å²) in [6.45, 7) is 11.3. The molecule has 9 nitrogen and oxygen atoms in total. The van der Waals surface area contributed by atoms with Crippen LogP contribution in [0, 0.1) is 12.8 Å². The molecule has 4 N–H and O–H groups in total. The molecule has 196 valence electrons. The molecule has 1 aliphatic heterocycles. The number of likely N-dealkylation sites (tertiary alicyclic amines) is 1. The van der Waals surface area contributed by atoms with Crippen LogP contribution < -0.4 is 21.3 Å². The largest absolute Gasteiger partial charge is 0.366 e. The van der Waals surface area contributed by atoms with Crippen LogP contribution in [0.5, 0.6) is 0 Å². The minimum Gasteiger partial charge on any atom is -0.366 e. The second kappa shape index (κ2) is 11.6. The van der Waals surface area contributed by atoms with Gasteiger partial charge in [0.25, 0.3) is 0 Å². The Bertz CT molecular complexity index is 1220. The monoisotopic (exact) mass is 502 g/mol. The molecule has 2 aromatic carbocycles. The van der Waals surface area contributed by atoms with Crippen molar-refractivity contribution in [2.24, 2.45) is 11.7 Å². The number of hydrogen-bond donors (Lipinski definition) is 3. The molecular weight excluding hydrogens is 464 g/mol. The fraction of sp³-hybridized carbons (Fsp3) is 0.429. The van der Waals surface area contributed by atoms with Crippen LogP contribution in [0.4, 0.5) is 23.5 Å². The lowest BCUT2D eigenvalue weighted by Crippen LogP contribution is -2.30. The molecule has 0 aliphatic carbocycles. The Hall–Kier alpha value is -3.72. The van der Waals surface area contributed by atoms with Gasteiger partial charge in [-0.3, -0.25) is 9.69 Å². The van der Waals surface area contributed by atoms with Gasteiger partial charge in [-0.1, -0.05) is 50.2 Å². The third kappa shape index (κ3) is 6.74. The molecule has 4 rings (SSSR count). The topological polar surface area (TPSA) is 112 Å². The molecule has 1 aliphatic rings. The van der Waals surface area contributed by atoms with E-state index in [1.165, 1.54) is 5.56 Å². The number of anilines is 4. The van der Waals surface area contributed by atoms with Crippen LogP contribution in [0.2, 0.25) is 0 Å². The van der Waals surface area contributed by atoms with Gasteiger partial charge < -0.3 is 21.3 Å². The van der Waals surface area contributed by atoms with Crippen molar-refractivity contribution in [3.8, 4) is 0 Å². The molecule has 2 atom stereocenters. The molecule has 0 radical (unpaired) electrons. The third-order valence-corrected chi connectivity index (χ3v) is 6.76. The Morgan fingerprint density at radius 1 is 1.11 bits per heavy atom. The van der Waals surface area contributed by atoms with Gasteiger partial charge in [-0.15, -0.1) is 0 Å². The van der Waals surface area contributed by atoms with E-state index >= 15 is 0 Å². The average molecular weight is 503 g/mol. The van der Waals surface area contributed by atoms with E-state index in [9.17, 15) is 4.79 Å². The van der Waals surface area contributed by atoms with Gasteiger partial charge in [-0.2, -0.15) is 15.0 Å². The highest BCUT2D eigenvalue weighted by Gasteiger charge is 2.27. The molecule has 9 heteroatoms. The maximum Gasteiger partial charge on any atom is 0.248 e. The smallest absolute Gasteiger partial charge is 0.248 e. The first-order valence-electron chi connectivity index (χ1n) is 12.9. The van der Waals surface area contributed by atoms with Crippen molar-refractivity contribution in [1.82, 2.24) is 19.9 Å². The molecule has 1 amide bonds. The van der Waals surface area contributed by atoms with E-state index in [0.717, 1.165) is 37.3 Å². The number of aromatic nitrogens is 3. The Morgan fingerprint density at radius 3 is 2.54 bits per heavy atom. The highest BCUT2D eigenvalue weighted by Crippen LogP contribution is 2.27. The van der Waals surface area contributed by atoms with E-state index in [1.807, 2.05) is 24.9 Å². The first-order valence-corrected chi connectivity index (χ1v) is 12.9. The van der Waals surface area contributed by atoms with Crippen molar-refractivity contribution < 1.29 is 4.79 Å². The van der Waals surface area contributed by atoms with E-state index in [0.29, 0.717) is 35.4 Å². The second-order valence-corrected chi connectivity index (χ2v) is 10.3. The molecule has 2 heterocycles. The number of benzene rings is 2. The highest BCUT2D eigenvalue weighted by molar-refractivity contribution is 5.94. The number of amides is 1. The van der Waals surface area contributed by atoms with Crippen LogP contribution in [-0.2, 0) is 0 Å². The summed E-state index contributed by atoms with van der Waals surface area (Å²) in [5, 5.41) is 6.83. The van der Waals surface area contributed by atoms with Crippen LogP contribution in [-0.4, -0.2) is 58.5 Å². The Kier molecular flexibility index (Phi) is 8.23. The fourth-order valence-corrected chi connectivity index (χ4v) is 4.70. The van der Waals surface area contributed by atoms with Crippen molar-refractivity contribution >= 4 is 29.4 Å². The van der Waals surface area contributed by atoms with E-state index < -0.39 is 5.91 Å². The van der Waals surface area contributed by atoms with Gasteiger partial charge in [0, 0.05) is 50.0 Å². The van der Waals surface area contributed by atoms with Gasteiger partial charge in [0.2, 0.25) is 23.8 Å². The van der Waals surface area contributed by atoms with Crippen molar-refractivity contribution in [3.63, 3.8) is 0 Å². The molecule has 37 heavy (non-hydrogen) atoms. The fourth-order valence-electron chi connectivity index (χ4n) is 4.70. The number of nitrogens with zero attached hydrogens (tertiary/aromatic N) is 5. The first kappa shape index (κ1) is 26.3. The van der Waals surface area contributed by atoms with Gasteiger partial charge in [0.15, 0.2) is 0 Å². The molecule has 1 aromatic heterocycles. The maximum atomic E-state index is 11.7. The minimum absolute atomic E-state index is 0.226. The van der Waals surface area contributed by atoms with Crippen LogP contribution >= 0.6 is 0 Å². The van der Waals surface area contributed by atoms with Gasteiger partial charge in [-0.05, 0) is 49.4 Å². The Morgan fingerprint density at radius 2 is 1.84 bits per heavy atom. The molecule has 1 unspecified atom stereocenters. The summed E-state index contributed by atoms with van der Waals surface area (Å²) < 4.78 is 0. The van der Waals surface area contributed by atoms with Crippen molar-refractivity contribution in [2.45, 2.75) is 46.2 Å². The summed E-state index contributed by atoms with van der Waals surface area (Å²) in [7, 11) is 1.99. The lowest BCUT2D eigenvalue weighted by atomic mass is 10.1. The summed E-state index contributed by atoms with van der Waals surface area (Å²) in [6.07, 6.45) is 1.00. The average Bonchev–Trinajstić information content (AvgIpc) is 3.33. The van der Waals surface area contributed by atoms with Crippen LogP contribution in [0.3, 0.4) is 0 Å². The molecule has 1 saturated heterocycles. The summed E-state index contributed by atoms with van der Waals surface area (Å²) in [5.41, 5.74) is 8.93. The predicted octanol–water partition coefficient (Wildman–Crippen LogP) is 4.36. The van der Waals surface area contributed by atoms with Gasteiger partial charge in [0.1, 0.15) is 0 Å². The Labute approximate surface area is 219 Å². The Balaban J connectivity index is 1.55. The van der Waals surface area contributed by atoms with Crippen molar-refractivity contribution in [2.75, 3.05) is 42.2 Å². The normalized spacial score (nSPS) is 16.5. The lowest BCUT2D eigenvalue weighted by Gasteiger charge is -2.25. The number of nitrogens with two attached hydrogens (primary N) is 1.